The Morgan fingerprint density at radius 3 is 2.33 bits per heavy atom. The maximum Gasteiger partial charge on any atom is 0.244 e. The van der Waals surface area contributed by atoms with Gasteiger partial charge < -0.3 is 9.88 Å². The van der Waals surface area contributed by atoms with E-state index in [1.54, 1.807) is 0 Å². The van der Waals surface area contributed by atoms with Crippen LogP contribution >= 0.6 is 15.9 Å². The van der Waals surface area contributed by atoms with Crippen molar-refractivity contribution in [3.05, 3.63) is 62.0 Å². The average molecular weight is 349 g/mol. The molecule has 1 N–H and O–H groups in total. The van der Waals surface area contributed by atoms with Gasteiger partial charge in [-0.1, -0.05) is 15.9 Å². The third-order valence-electron chi connectivity index (χ3n) is 3.32. The minimum atomic E-state index is -0.115. The fraction of sp³-hybridized carbons (Fsp3) is 0.250. The van der Waals surface area contributed by atoms with Crippen LogP contribution < -0.4 is 10.7 Å². The molecule has 0 saturated heterocycles. The number of anilines is 1. The normalized spacial score (nSPS) is 10.5. The summed E-state index contributed by atoms with van der Waals surface area (Å²) in [6, 6.07) is 8.77. The standard InChI is InChI=1S/C16H17BrN2O2/c1-10-6-13(17)4-5-15(10)18-16(21)9-19-11(2)7-14(20)8-12(19)3/h4-8H,9H2,1-3H3,(H,18,21). The lowest BCUT2D eigenvalue weighted by atomic mass is 10.2. The highest BCUT2D eigenvalue weighted by atomic mass is 79.9. The first kappa shape index (κ1) is 15.5. The van der Waals surface area contributed by atoms with E-state index in [0.29, 0.717) is 0 Å². The molecule has 1 heterocycles. The number of aryl methyl sites for hydroxylation is 3. The second-order valence-corrected chi connectivity index (χ2v) is 5.98. The molecule has 2 aromatic rings. The van der Waals surface area contributed by atoms with Crippen LogP contribution in [-0.4, -0.2) is 10.5 Å². The highest BCUT2D eigenvalue weighted by molar-refractivity contribution is 9.10. The maximum atomic E-state index is 12.2. The molecule has 0 radical (unpaired) electrons. The Hall–Kier alpha value is -1.88. The molecule has 0 fully saturated rings. The number of halogens is 1. The van der Waals surface area contributed by atoms with Crippen molar-refractivity contribution in [2.45, 2.75) is 27.3 Å². The number of amides is 1. The predicted octanol–water partition coefficient (Wildman–Crippen LogP) is 3.17. The van der Waals surface area contributed by atoms with Crippen LogP contribution in [0.4, 0.5) is 5.69 Å². The third kappa shape index (κ3) is 3.82. The van der Waals surface area contributed by atoms with Gasteiger partial charge in [-0.15, -0.1) is 0 Å². The number of carbonyl (C=O) groups is 1. The number of benzene rings is 1. The van der Waals surface area contributed by atoms with Crippen molar-refractivity contribution in [2.75, 3.05) is 5.32 Å². The molecule has 0 bridgehead atoms. The van der Waals surface area contributed by atoms with E-state index in [-0.39, 0.29) is 17.9 Å². The van der Waals surface area contributed by atoms with Gasteiger partial charge in [-0.3, -0.25) is 9.59 Å². The molecular formula is C16H17BrN2O2. The van der Waals surface area contributed by atoms with Gasteiger partial charge in [-0.05, 0) is 44.5 Å². The van der Waals surface area contributed by atoms with Gasteiger partial charge in [0.15, 0.2) is 5.43 Å². The summed E-state index contributed by atoms with van der Waals surface area (Å²) in [4.78, 5) is 23.6. The van der Waals surface area contributed by atoms with Gasteiger partial charge in [0.25, 0.3) is 0 Å². The summed E-state index contributed by atoms with van der Waals surface area (Å²) in [5, 5.41) is 2.90. The minimum Gasteiger partial charge on any atom is -0.340 e. The molecule has 0 spiro atoms. The van der Waals surface area contributed by atoms with Crippen LogP contribution in [-0.2, 0) is 11.3 Å². The van der Waals surface area contributed by atoms with Crippen LogP contribution in [0, 0.1) is 20.8 Å². The summed E-state index contributed by atoms with van der Waals surface area (Å²) in [7, 11) is 0. The van der Waals surface area contributed by atoms with Crippen molar-refractivity contribution in [2.24, 2.45) is 0 Å². The molecule has 1 aromatic heterocycles. The first-order valence-corrected chi connectivity index (χ1v) is 7.40. The highest BCUT2D eigenvalue weighted by Crippen LogP contribution is 2.20. The van der Waals surface area contributed by atoms with Gasteiger partial charge in [0.1, 0.15) is 6.54 Å². The maximum absolute atomic E-state index is 12.2. The van der Waals surface area contributed by atoms with Gasteiger partial charge in [0, 0.05) is 33.7 Å². The number of aromatic nitrogens is 1. The predicted molar refractivity (Wildman–Crippen MR) is 87.7 cm³/mol. The first-order chi connectivity index (χ1) is 9.86. The van der Waals surface area contributed by atoms with E-state index in [9.17, 15) is 9.59 Å². The second-order valence-electron chi connectivity index (χ2n) is 5.07. The summed E-state index contributed by atoms with van der Waals surface area (Å²) in [5.74, 6) is -0.115. The van der Waals surface area contributed by atoms with Crippen LogP contribution in [0.5, 0.6) is 0 Å². The second kappa shape index (κ2) is 6.26. The molecule has 1 amide bonds. The fourth-order valence-corrected chi connectivity index (χ4v) is 2.71. The summed E-state index contributed by atoms with van der Waals surface area (Å²) in [5.41, 5.74) is 3.31. The van der Waals surface area contributed by atoms with Crippen molar-refractivity contribution in [3.8, 4) is 0 Å². The van der Waals surface area contributed by atoms with E-state index in [2.05, 4.69) is 21.2 Å². The molecule has 5 heteroatoms. The topological polar surface area (TPSA) is 51.1 Å². The van der Waals surface area contributed by atoms with Gasteiger partial charge in [-0.2, -0.15) is 0 Å². The van der Waals surface area contributed by atoms with E-state index < -0.39 is 0 Å². The van der Waals surface area contributed by atoms with Crippen LogP contribution in [0.15, 0.2) is 39.6 Å². The summed E-state index contributed by atoms with van der Waals surface area (Å²) in [6.45, 7) is 5.78. The van der Waals surface area contributed by atoms with E-state index >= 15 is 0 Å². The number of rotatable bonds is 3. The molecule has 1 aromatic carbocycles. The largest absolute Gasteiger partial charge is 0.340 e. The molecule has 0 aliphatic carbocycles. The van der Waals surface area contributed by atoms with Crippen molar-refractivity contribution in [3.63, 3.8) is 0 Å². The molecule has 2 rings (SSSR count). The number of nitrogens with zero attached hydrogens (tertiary/aromatic N) is 1. The number of carbonyl (C=O) groups excluding carboxylic acids is 1. The van der Waals surface area contributed by atoms with E-state index in [1.807, 2.05) is 43.5 Å². The van der Waals surface area contributed by atoms with Crippen LogP contribution in [0.1, 0.15) is 17.0 Å². The monoisotopic (exact) mass is 348 g/mol. The van der Waals surface area contributed by atoms with Crippen LogP contribution in [0.3, 0.4) is 0 Å². The summed E-state index contributed by atoms with van der Waals surface area (Å²) in [6.07, 6.45) is 0. The molecule has 0 atom stereocenters. The molecule has 0 unspecified atom stereocenters. The number of hydrogen-bond acceptors (Lipinski definition) is 2. The average Bonchev–Trinajstić information content (AvgIpc) is 2.37. The lowest BCUT2D eigenvalue weighted by molar-refractivity contribution is -0.116. The SMILES string of the molecule is Cc1cc(Br)ccc1NC(=O)Cn1c(C)cc(=O)cc1C. The Bertz CT molecular complexity index is 724. The third-order valence-corrected chi connectivity index (χ3v) is 3.81. The van der Waals surface area contributed by atoms with E-state index in [4.69, 9.17) is 0 Å². The van der Waals surface area contributed by atoms with E-state index in [1.165, 1.54) is 12.1 Å². The highest BCUT2D eigenvalue weighted by Gasteiger charge is 2.09. The summed E-state index contributed by atoms with van der Waals surface area (Å²) >= 11 is 3.40. The van der Waals surface area contributed by atoms with Gasteiger partial charge in [0.2, 0.25) is 5.91 Å². The van der Waals surface area contributed by atoms with E-state index in [0.717, 1.165) is 27.1 Å². The Balaban J connectivity index is 2.17. The Morgan fingerprint density at radius 1 is 1.14 bits per heavy atom. The zero-order valence-corrected chi connectivity index (χ0v) is 13.8. The molecule has 21 heavy (non-hydrogen) atoms. The lowest BCUT2D eigenvalue weighted by Gasteiger charge is -2.15. The number of pyridine rings is 1. The molecule has 4 nitrogen and oxygen atoms in total. The molecular weight excluding hydrogens is 332 g/mol. The smallest absolute Gasteiger partial charge is 0.244 e. The van der Waals surface area contributed by atoms with Gasteiger partial charge in [-0.25, -0.2) is 0 Å². The molecule has 110 valence electrons. The number of hydrogen-bond donors (Lipinski definition) is 1. The quantitative estimate of drug-likeness (QED) is 0.925. The van der Waals surface area contributed by atoms with Crippen molar-refractivity contribution < 1.29 is 4.79 Å². The van der Waals surface area contributed by atoms with Crippen molar-refractivity contribution in [1.29, 1.82) is 0 Å². The van der Waals surface area contributed by atoms with Gasteiger partial charge in [0.05, 0.1) is 0 Å². The van der Waals surface area contributed by atoms with Crippen LogP contribution in [0.25, 0.3) is 0 Å². The molecule has 0 aliphatic heterocycles. The fourth-order valence-electron chi connectivity index (χ4n) is 2.24. The molecule has 0 aliphatic rings. The van der Waals surface area contributed by atoms with Crippen molar-refractivity contribution in [1.82, 2.24) is 4.57 Å². The zero-order valence-electron chi connectivity index (χ0n) is 12.2. The number of nitrogens with one attached hydrogen (secondary N) is 1. The van der Waals surface area contributed by atoms with Gasteiger partial charge >= 0.3 is 0 Å². The Labute approximate surface area is 131 Å². The molecule has 0 saturated carbocycles. The first-order valence-electron chi connectivity index (χ1n) is 6.61. The van der Waals surface area contributed by atoms with Crippen molar-refractivity contribution >= 4 is 27.5 Å². The summed E-state index contributed by atoms with van der Waals surface area (Å²) < 4.78 is 2.80. The Kier molecular flexibility index (Phi) is 4.63. The van der Waals surface area contributed by atoms with Crippen LogP contribution in [0.2, 0.25) is 0 Å². The minimum absolute atomic E-state index is 0.0367. The lowest BCUT2D eigenvalue weighted by Crippen LogP contribution is -2.23. The zero-order chi connectivity index (χ0) is 15.6. The Morgan fingerprint density at radius 2 is 1.76 bits per heavy atom.